The molecule has 0 amide bonds. The first-order chi connectivity index (χ1) is 34.6. The van der Waals surface area contributed by atoms with Gasteiger partial charge in [-0.15, -0.1) is 0 Å². The van der Waals surface area contributed by atoms with E-state index in [1.807, 2.05) is 133 Å². The summed E-state index contributed by atoms with van der Waals surface area (Å²) in [5.74, 6) is 4.37. The van der Waals surface area contributed by atoms with Crippen LogP contribution in [0.1, 0.15) is 74.9 Å². The molecular weight excluding hydrogens is 944 g/mol. The number of phenolic OH excluding ortho intramolecular Hbond substituents is 2. The molecule has 1 aliphatic rings. The second-order valence-corrected chi connectivity index (χ2v) is 20.6. The van der Waals surface area contributed by atoms with E-state index in [1.165, 1.54) is 0 Å². The van der Waals surface area contributed by atoms with E-state index in [1.54, 1.807) is 24.3 Å². The molecule has 0 aliphatic carbocycles. The van der Waals surface area contributed by atoms with Crippen LogP contribution in [0.5, 0.6) is 57.5 Å². The lowest BCUT2D eigenvalue weighted by molar-refractivity contribution is 0.418. The largest absolute Gasteiger partial charge is 0.507 e. The maximum Gasteiger partial charge on any atom is 0.170 e. The van der Waals surface area contributed by atoms with Gasteiger partial charge in [-0.25, -0.2) is 0 Å². The number of nitrogens with one attached hydrogen (secondary N) is 4. The second kappa shape index (κ2) is 21.0. The highest BCUT2D eigenvalue weighted by Crippen LogP contribution is 2.45. The maximum absolute atomic E-state index is 11.8. The van der Waals surface area contributed by atoms with Crippen molar-refractivity contribution in [2.75, 3.05) is 21.3 Å². The molecule has 72 heavy (non-hydrogen) atoms. The summed E-state index contributed by atoms with van der Waals surface area (Å²) in [6, 6.07) is 49.4. The first-order valence-electron chi connectivity index (χ1n) is 23.9. The first kappa shape index (κ1) is 49.3. The van der Waals surface area contributed by atoms with Crippen LogP contribution in [0.4, 0.5) is 22.7 Å². The van der Waals surface area contributed by atoms with E-state index in [-0.39, 0.29) is 48.5 Å². The SMILES string of the molecule is CC(C)(C)c1ccc2c(c1)Oc1ccccc1NCc1cc(Cl)cc(c1O)CNc1ccccc1Oc1cc(C(C)(C)C)ccc1Oc1ccccc1NCc1cc(Cl)cc(c1O)CNc1ccccc1O2. The van der Waals surface area contributed by atoms with Gasteiger partial charge in [0, 0.05) is 58.5 Å². The number of halogens is 2. The Labute approximate surface area is 431 Å². The zero-order valence-electron chi connectivity index (χ0n) is 41.1. The number of fused-ring (bicyclic) bond motifs is 10. The van der Waals surface area contributed by atoms with Gasteiger partial charge in [0.1, 0.15) is 11.5 Å². The molecule has 8 aromatic rings. The number of aromatic hydroxyl groups is 2. The molecule has 0 aromatic heterocycles. The summed E-state index contributed by atoms with van der Waals surface area (Å²) in [7, 11) is 0. The predicted molar refractivity (Wildman–Crippen MR) is 292 cm³/mol. The van der Waals surface area contributed by atoms with E-state index >= 15 is 0 Å². The molecule has 1 heterocycles. The van der Waals surface area contributed by atoms with Gasteiger partial charge >= 0.3 is 0 Å². The zero-order chi connectivity index (χ0) is 50.6. The lowest BCUT2D eigenvalue weighted by Crippen LogP contribution is -2.11. The molecule has 10 nitrogen and oxygen atoms in total. The standard InChI is InChI=1S/C60H58Cl2N4O6/c1-59(2,3)41-23-25-53-55(31-41)71-51-21-13-9-17-47(51)65-35-39-29-44(62)30-40(58(39)68)36-66-48-18-10-14-22-52(48)72-56-32-42(60(4,5)6)24-26-54(56)70-50-20-12-8-16-46(50)64-34-38-28-43(61)27-37(57(38)67)33-63-45-15-7-11-19-49(45)69-53/h7-32,63-68H,33-36H2,1-6H3. The van der Waals surface area contributed by atoms with Crippen LogP contribution in [-0.4, -0.2) is 10.2 Å². The van der Waals surface area contributed by atoms with E-state index in [0.717, 1.165) is 11.1 Å². The van der Waals surface area contributed by atoms with Crippen molar-refractivity contribution in [3.05, 3.63) is 201 Å². The molecule has 0 saturated heterocycles. The van der Waals surface area contributed by atoms with Crippen LogP contribution in [0.2, 0.25) is 10.0 Å². The van der Waals surface area contributed by atoms with Gasteiger partial charge in [-0.3, -0.25) is 0 Å². The highest BCUT2D eigenvalue weighted by atomic mass is 35.5. The third-order valence-corrected chi connectivity index (χ3v) is 12.8. The first-order valence-corrected chi connectivity index (χ1v) is 24.6. The van der Waals surface area contributed by atoms with Crippen LogP contribution in [-0.2, 0) is 37.0 Å². The third-order valence-electron chi connectivity index (χ3n) is 12.4. The highest BCUT2D eigenvalue weighted by molar-refractivity contribution is 6.31. The van der Waals surface area contributed by atoms with Crippen LogP contribution >= 0.6 is 23.2 Å². The lowest BCUT2D eigenvalue weighted by atomic mass is 9.87. The fourth-order valence-electron chi connectivity index (χ4n) is 8.29. The highest BCUT2D eigenvalue weighted by Gasteiger charge is 2.23. The van der Waals surface area contributed by atoms with Crippen LogP contribution < -0.4 is 40.2 Å². The molecule has 0 spiro atoms. The number of anilines is 4. The number of para-hydroxylation sites is 8. The second-order valence-electron chi connectivity index (χ2n) is 19.8. The zero-order valence-corrected chi connectivity index (χ0v) is 42.6. The summed E-state index contributed by atoms with van der Waals surface area (Å²) in [6.07, 6.45) is 0. The summed E-state index contributed by atoms with van der Waals surface area (Å²) in [6.45, 7) is 13.8. The summed E-state index contributed by atoms with van der Waals surface area (Å²) < 4.78 is 27.0. The van der Waals surface area contributed by atoms with Crippen molar-refractivity contribution in [1.29, 1.82) is 0 Å². The molecule has 1 aliphatic heterocycles. The van der Waals surface area contributed by atoms with Gasteiger partial charge in [0.2, 0.25) is 0 Å². The van der Waals surface area contributed by atoms with Crippen molar-refractivity contribution in [3.63, 3.8) is 0 Å². The van der Waals surface area contributed by atoms with Crippen molar-refractivity contribution >= 4 is 46.0 Å². The van der Waals surface area contributed by atoms with Crippen molar-refractivity contribution < 1.29 is 29.2 Å². The summed E-state index contributed by atoms with van der Waals surface area (Å²) >= 11 is 13.5. The number of rotatable bonds is 0. The number of benzene rings is 8. The topological polar surface area (TPSA) is 126 Å². The van der Waals surface area contributed by atoms with Crippen molar-refractivity contribution in [2.45, 2.75) is 78.6 Å². The lowest BCUT2D eigenvalue weighted by Gasteiger charge is -2.23. The summed E-state index contributed by atoms with van der Waals surface area (Å²) in [5.41, 5.74) is 6.86. The Morgan fingerprint density at radius 1 is 0.347 bits per heavy atom. The molecule has 368 valence electrons. The Hall–Kier alpha value is -7.66. The molecule has 0 saturated carbocycles. The molecule has 8 aromatic carbocycles. The minimum absolute atomic E-state index is 0.0999. The number of phenols is 2. The molecule has 12 heteroatoms. The minimum atomic E-state index is -0.193. The van der Waals surface area contributed by atoms with Crippen LogP contribution in [0.3, 0.4) is 0 Å². The quantitative estimate of drug-likeness (QED) is 0.0875. The maximum atomic E-state index is 11.8. The third kappa shape index (κ3) is 11.6. The van der Waals surface area contributed by atoms with E-state index in [9.17, 15) is 10.2 Å². The van der Waals surface area contributed by atoms with Gasteiger partial charge in [-0.1, -0.05) is 125 Å². The molecule has 6 N–H and O–H groups in total. The Bertz CT molecular complexity index is 3050. The van der Waals surface area contributed by atoms with Gasteiger partial charge in [-0.2, -0.15) is 0 Å². The fourth-order valence-corrected chi connectivity index (χ4v) is 8.82. The Morgan fingerprint density at radius 3 is 0.889 bits per heavy atom. The summed E-state index contributed by atoms with van der Waals surface area (Å²) in [4.78, 5) is 0. The normalized spacial score (nSPS) is 13.2. The monoisotopic (exact) mass is 1000 g/mol. The van der Waals surface area contributed by atoms with E-state index in [0.29, 0.717) is 101 Å². The van der Waals surface area contributed by atoms with E-state index < -0.39 is 0 Å². The van der Waals surface area contributed by atoms with Gasteiger partial charge < -0.3 is 50.4 Å². The summed E-state index contributed by atoms with van der Waals surface area (Å²) in [5, 5.41) is 38.4. The molecule has 0 atom stereocenters. The number of ether oxygens (including phenoxy) is 4. The number of hydrogen-bond donors (Lipinski definition) is 6. The van der Waals surface area contributed by atoms with Crippen LogP contribution in [0.25, 0.3) is 0 Å². The Morgan fingerprint density at radius 2 is 0.611 bits per heavy atom. The molecule has 9 rings (SSSR count). The minimum Gasteiger partial charge on any atom is -0.507 e. The van der Waals surface area contributed by atoms with Crippen molar-refractivity contribution in [3.8, 4) is 57.5 Å². The van der Waals surface area contributed by atoms with Gasteiger partial charge in [0.25, 0.3) is 0 Å². The average molecular weight is 1000 g/mol. The van der Waals surface area contributed by atoms with Crippen LogP contribution in [0.15, 0.2) is 158 Å². The van der Waals surface area contributed by atoms with Crippen molar-refractivity contribution in [2.24, 2.45) is 0 Å². The molecule has 0 fully saturated rings. The van der Waals surface area contributed by atoms with E-state index in [2.05, 4.69) is 62.8 Å². The van der Waals surface area contributed by atoms with Gasteiger partial charge in [0.05, 0.1) is 22.7 Å². The Balaban J connectivity index is 1.11. The molecule has 4 bridgehead atoms. The molecular formula is C60H58Cl2N4O6. The predicted octanol–water partition coefficient (Wildman–Crippen LogP) is 16.9. The average Bonchev–Trinajstić information content (AvgIpc) is 3.35. The number of hydrogen-bond acceptors (Lipinski definition) is 10. The van der Waals surface area contributed by atoms with Gasteiger partial charge in [0.15, 0.2) is 46.0 Å². The van der Waals surface area contributed by atoms with Gasteiger partial charge in [-0.05, 0) is 119 Å². The molecule has 0 radical (unpaired) electrons. The fraction of sp³-hybridized carbons (Fsp3) is 0.200. The van der Waals surface area contributed by atoms with E-state index in [4.69, 9.17) is 42.1 Å². The molecule has 0 unspecified atom stereocenters. The van der Waals surface area contributed by atoms with Crippen molar-refractivity contribution in [1.82, 2.24) is 0 Å². The van der Waals surface area contributed by atoms with Crippen LogP contribution in [0, 0.1) is 0 Å². The smallest absolute Gasteiger partial charge is 0.170 e. The Kier molecular flexibility index (Phi) is 14.4.